The van der Waals surface area contributed by atoms with Crippen LogP contribution in [0.4, 0.5) is 0 Å². The Bertz CT molecular complexity index is 533. The van der Waals surface area contributed by atoms with Gasteiger partial charge >= 0.3 is 0 Å². The van der Waals surface area contributed by atoms with E-state index in [1.54, 1.807) is 15.6 Å². The van der Waals surface area contributed by atoms with Crippen LogP contribution in [0.2, 0.25) is 0 Å². The molecule has 1 atom stereocenters. The van der Waals surface area contributed by atoms with Crippen molar-refractivity contribution in [2.24, 2.45) is 5.92 Å². The third kappa shape index (κ3) is 3.02. The fourth-order valence-corrected chi connectivity index (χ4v) is 5.62. The van der Waals surface area contributed by atoms with Gasteiger partial charge < -0.3 is 5.32 Å². The van der Waals surface area contributed by atoms with Gasteiger partial charge in [-0.3, -0.25) is 0 Å². The van der Waals surface area contributed by atoms with Gasteiger partial charge in [0.05, 0.1) is 5.75 Å². The molecule has 0 spiro atoms. The van der Waals surface area contributed by atoms with Gasteiger partial charge in [0.15, 0.2) is 0 Å². The summed E-state index contributed by atoms with van der Waals surface area (Å²) in [4.78, 5) is 1.35. The molecule has 3 rings (SSSR count). The zero-order valence-electron chi connectivity index (χ0n) is 11.0. The van der Waals surface area contributed by atoms with E-state index < -0.39 is 10.0 Å². The molecule has 0 radical (unpaired) electrons. The second-order valence-corrected chi connectivity index (χ2v) is 8.46. The number of sulfonamides is 1. The van der Waals surface area contributed by atoms with Crippen LogP contribution in [-0.4, -0.2) is 38.1 Å². The molecule has 2 aliphatic heterocycles. The van der Waals surface area contributed by atoms with Gasteiger partial charge in [0, 0.05) is 18.0 Å². The van der Waals surface area contributed by atoms with Crippen LogP contribution in [0.3, 0.4) is 0 Å². The molecular formula is C13H20N2O2S2. The van der Waals surface area contributed by atoms with E-state index in [1.165, 1.54) is 10.4 Å². The summed E-state index contributed by atoms with van der Waals surface area (Å²) in [6.45, 7) is 3.09. The van der Waals surface area contributed by atoms with Crippen molar-refractivity contribution in [1.82, 2.24) is 9.62 Å². The highest BCUT2D eigenvalue weighted by molar-refractivity contribution is 7.89. The summed E-state index contributed by atoms with van der Waals surface area (Å²) in [7, 11) is -3.11. The van der Waals surface area contributed by atoms with E-state index >= 15 is 0 Å². The first-order valence-electron chi connectivity index (χ1n) is 6.89. The molecule has 0 amide bonds. The van der Waals surface area contributed by atoms with E-state index in [9.17, 15) is 8.42 Å². The van der Waals surface area contributed by atoms with Crippen molar-refractivity contribution in [3.8, 4) is 0 Å². The molecule has 1 N–H and O–H groups in total. The van der Waals surface area contributed by atoms with E-state index in [0.29, 0.717) is 18.8 Å². The average Bonchev–Trinajstić information content (AvgIpc) is 2.86. The lowest BCUT2D eigenvalue weighted by molar-refractivity contribution is 0.368. The Kier molecular flexibility index (Phi) is 3.93. The van der Waals surface area contributed by atoms with Gasteiger partial charge in [-0.15, -0.1) is 11.3 Å². The molecule has 1 saturated heterocycles. The summed E-state index contributed by atoms with van der Waals surface area (Å²) in [5, 5.41) is 5.35. The number of nitrogens with one attached hydrogen (secondary N) is 1. The minimum atomic E-state index is -3.11. The van der Waals surface area contributed by atoms with Gasteiger partial charge in [0.1, 0.15) is 0 Å². The van der Waals surface area contributed by atoms with Crippen molar-refractivity contribution in [3.63, 3.8) is 0 Å². The van der Waals surface area contributed by atoms with E-state index in [0.717, 1.165) is 32.4 Å². The van der Waals surface area contributed by atoms with Gasteiger partial charge in [0.25, 0.3) is 0 Å². The molecule has 3 heterocycles. The Hall–Kier alpha value is -0.430. The van der Waals surface area contributed by atoms with E-state index in [1.807, 2.05) is 0 Å². The second-order valence-electron chi connectivity index (χ2n) is 5.44. The van der Waals surface area contributed by atoms with Gasteiger partial charge in [-0.25, -0.2) is 8.42 Å². The lowest BCUT2D eigenvalue weighted by Crippen LogP contribution is -2.41. The maximum Gasteiger partial charge on any atom is 0.214 e. The largest absolute Gasteiger partial charge is 0.316 e. The van der Waals surface area contributed by atoms with Crippen molar-refractivity contribution >= 4 is 21.4 Å². The van der Waals surface area contributed by atoms with Gasteiger partial charge in [-0.05, 0) is 55.3 Å². The molecule has 6 heteroatoms. The first-order valence-corrected chi connectivity index (χ1v) is 9.38. The summed E-state index contributed by atoms with van der Waals surface area (Å²) in [5.74, 6) is 0.585. The van der Waals surface area contributed by atoms with E-state index in [2.05, 4.69) is 16.8 Å². The molecule has 1 unspecified atom stereocenters. The molecule has 4 nitrogen and oxygen atoms in total. The molecule has 0 saturated carbocycles. The first-order chi connectivity index (χ1) is 9.15. The third-order valence-corrected chi connectivity index (χ3v) is 7.03. The highest BCUT2D eigenvalue weighted by atomic mass is 32.2. The van der Waals surface area contributed by atoms with E-state index in [-0.39, 0.29) is 5.92 Å². The third-order valence-electron chi connectivity index (χ3n) is 4.01. The number of nitrogens with zero attached hydrogens (tertiary/aromatic N) is 1. The normalized spacial score (nSPS) is 25.2. The van der Waals surface area contributed by atoms with Crippen LogP contribution in [0.5, 0.6) is 0 Å². The summed E-state index contributed by atoms with van der Waals surface area (Å²) < 4.78 is 26.7. The van der Waals surface area contributed by atoms with Crippen molar-refractivity contribution in [3.05, 3.63) is 21.9 Å². The predicted octanol–water partition coefficient (Wildman–Crippen LogP) is 1.44. The second kappa shape index (κ2) is 5.52. The maximum absolute atomic E-state index is 12.5. The topological polar surface area (TPSA) is 49.4 Å². The SMILES string of the molecule is O=S(=O)(CC1CCCNC1)N1CCc2sccc2C1. The molecular weight excluding hydrogens is 280 g/mol. The molecule has 0 aromatic carbocycles. The molecule has 1 fully saturated rings. The number of piperidine rings is 1. The van der Waals surface area contributed by atoms with Gasteiger partial charge in [-0.1, -0.05) is 0 Å². The zero-order chi connectivity index (χ0) is 13.3. The van der Waals surface area contributed by atoms with Crippen LogP contribution in [0.25, 0.3) is 0 Å². The molecule has 2 aliphatic rings. The lowest BCUT2D eigenvalue weighted by atomic mass is 10.0. The monoisotopic (exact) mass is 300 g/mol. The van der Waals surface area contributed by atoms with Gasteiger partial charge in [0.2, 0.25) is 10.0 Å². The van der Waals surface area contributed by atoms with Crippen LogP contribution < -0.4 is 5.32 Å². The van der Waals surface area contributed by atoms with Crippen molar-refractivity contribution in [2.75, 3.05) is 25.4 Å². The predicted molar refractivity (Wildman–Crippen MR) is 77.8 cm³/mol. The van der Waals surface area contributed by atoms with Crippen LogP contribution in [0.15, 0.2) is 11.4 Å². The number of thiophene rings is 1. The van der Waals surface area contributed by atoms with Crippen LogP contribution in [0, 0.1) is 5.92 Å². The molecule has 0 bridgehead atoms. The number of hydrogen-bond donors (Lipinski definition) is 1. The highest BCUT2D eigenvalue weighted by Gasteiger charge is 2.30. The summed E-state index contributed by atoms with van der Waals surface area (Å²) >= 11 is 1.74. The fraction of sp³-hybridized carbons (Fsp3) is 0.692. The summed E-state index contributed by atoms with van der Waals surface area (Å²) in [5.41, 5.74) is 1.20. The Morgan fingerprint density at radius 3 is 3.16 bits per heavy atom. The quantitative estimate of drug-likeness (QED) is 0.919. The molecule has 0 aliphatic carbocycles. The first kappa shape index (κ1) is 13.5. The Morgan fingerprint density at radius 2 is 2.37 bits per heavy atom. The fourth-order valence-electron chi connectivity index (χ4n) is 2.93. The Balaban J connectivity index is 1.67. The molecule has 106 valence electrons. The van der Waals surface area contributed by atoms with Crippen LogP contribution >= 0.6 is 11.3 Å². The Morgan fingerprint density at radius 1 is 1.47 bits per heavy atom. The Labute approximate surface area is 118 Å². The highest BCUT2D eigenvalue weighted by Crippen LogP contribution is 2.26. The standard InChI is InChI=1S/C13H20N2O2S2/c16-19(17,10-11-2-1-5-14-8-11)15-6-3-13-12(9-15)4-7-18-13/h4,7,11,14H,1-3,5-6,8-10H2. The lowest BCUT2D eigenvalue weighted by Gasteiger charge is -2.29. The zero-order valence-corrected chi connectivity index (χ0v) is 12.6. The minimum absolute atomic E-state index is 0.280. The molecule has 1 aromatic rings. The maximum atomic E-state index is 12.5. The van der Waals surface area contributed by atoms with E-state index in [4.69, 9.17) is 0 Å². The van der Waals surface area contributed by atoms with Crippen LogP contribution in [-0.2, 0) is 23.0 Å². The molecule has 1 aromatic heterocycles. The summed E-state index contributed by atoms with van der Waals surface area (Å²) in [6, 6.07) is 2.06. The smallest absolute Gasteiger partial charge is 0.214 e. The minimum Gasteiger partial charge on any atom is -0.316 e. The number of fused-ring (bicyclic) bond motifs is 1. The summed E-state index contributed by atoms with van der Waals surface area (Å²) in [6.07, 6.45) is 2.99. The molecule has 19 heavy (non-hydrogen) atoms. The van der Waals surface area contributed by atoms with Crippen molar-refractivity contribution in [2.45, 2.75) is 25.8 Å². The number of rotatable bonds is 3. The van der Waals surface area contributed by atoms with Gasteiger partial charge in [-0.2, -0.15) is 4.31 Å². The number of hydrogen-bond acceptors (Lipinski definition) is 4. The van der Waals surface area contributed by atoms with Crippen molar-refractivity contribution < 1.29 is 8.42 Å². The average molecular weight is 300 g/mol. The van der Waals surface area contributed by atoms with Crippen LogP contribution in [0.1, 0.15) is 23.3 Å². The van der Waals surface area contributed by atoms with Crippen molar-refractivity contribution in [1.29, 1.82) is 0 Å².